The Labute approximate surface area is 162 Å². The molecule has 6 heteroatoms. The molecular weight excluding hydrogens is 417 g/mol. The lowest BCUT2D eigenvalue weighted by Crippen LogP contribution is -3.00. The summed E-state index contributed by atoms with van der Waals surface area (Å²) in [5.41, 5.74) is 3.07. The summed E-state index contributed by atoms with van der Waals surface area (Å²) >= 11 is 0. The molecule has 2 heterocycles. The number of hydrogen-bond donors (Lipinski definition) is 0. The molecule has 2 aromatic rings. The van der Waals surface area contributed by atoms with Crippen molar-refractivity contribution in [2.24, 2.45) is 0 Å². The largest absolute Gasteiger partial charge is 1.00 e. The van der Waals surface area contributed by atoms with Gasteiger partial charge in [-0.15, -0.1) is 0 Å². The fourth-order valence-corrected chi connectivity index (χ4v) is 2.65. The summed E-state index contributed by atoms with van der Waals surface area (Å²) in [5.74, 6) is 0.855. The van der Waals surface area contributed by atoms with Gasteiger partial charge in [-0.05, 0) is 18.6 Å². The molecule has 2 rings (SSSR count). The number of unbranched alkanes of at least 4 members (excludes halogenated alkanes) is 2. The van der Waals surface area contributed by atoms with Gasteiger partial charge in [0, 0.05) is 13.3 Å². The predicted octanol–water partition coefficient (Wildman–Crippen LogP) is 0.260. The van der Waals surface area contributed by atoms with E-state index in [4.69, 9.17) is 14.5 Å². The first kappa shape index (κ1) is 21.2. The van der Waals surface area contributed by atoms with Crippen LogP contribution in [0.3, 0.4) is 0 Å². The average Bonchev–Trinajstić information content (AvgIpc) is 2.81. The van der Waals surface area contributed by atoms with E-state index in [1.807, 2.05) is 12.1 Å². The highest BCUT2D eigenvalue weighted by Gasteiger charge is 2.20. The van der Waals surface area contributed by atoms with Crippen molar-refractivity contribution < 1.29 is 37.9 Å². The van der Waals surface area contributed by atoms with E-state index in [1.54, 1.807) is 7.11 Å². The predicted molar refractivity (Wildman–Crippen MR) is 92.7 cm³/mol. The third-order valence-corrected chi connectivity index (χ3v) is 3.71. The first-order valence-corrected chi connectivity index (χ1v) is 8.37. The Bertz CT molecular complexity index is 635. The molecule has 0 N–H and O–H groups in total. The van der Waals surface area contributed by atoms with Gasteiger partial charge >= 0.3 is 0 Å². The van der Waals surface area contributed by atoms with E-state index in [2.05, 4.69) is 38.7 Å². The number of aromatic nitrogens is 2. The number of nitrogens with zero attached hydrogens (tertiary/aromatic N) is 3. The number of fused-ring (bicyclic) bond motifs is 1. The Morgan fingerprint density at radius 1 is 1.21 bits per heavy atom. The summed E-state index contributed by atoms with van der Waals surface area (Å²) in [4.78, 5) is 4.79. The minimum Gasteiger partial charge on any atom is -1.00 e. The molecule has 0 aliphatic rings. The molecule has 0 fully saturated rings. The number of halogens is 1. The molecule has 0 saturated carbocycles. The number of methoxy groups -OCH3 is 1. The molecule has 0 aromatic carbocycles. The first-order chi connectivity index (χ1) is 11.0. The van der Waals surface area contributed by atoms with Gasteiger partial charge in [-0.3, -0.25) is 4.40 Å². The van der Waals surface area contributed by atoms with Crippen molar-refractivity contribution in [1.29, 1.82) is 0 Å². The number of rotatable bonds is 9. The fourth-order valence-electron chi connectivity index (χ4n) is 2.65. The number of quaternary nitrogens is 1. The summed E-state index contributed by atoms with van der Waals surface area (Å²) in [7, 11) is 8.26. The Balaban J connectivity index is 0.00000288. The Morgan fingerprint density at radius 2 is 1.96 bits per heavy atom. The maximum atomic E-state index is 5.97. The fraction of sp³-hybridized carbons (Fsp3) is 0.611. The molecule has 0 amide bonds. The maximum Gasteiger partial charge on any atom is 0.180 e. The van der Waals surface area contributed by atoms with Crippen molar-refractivity contribution in [3.63, 3.8) is 0 Å². The van der Waals surface area contributed by atoms with Crippen molar-refractivity contribution in [3.05, 3.63) is 29.7 Å². The van der Waals surface area contributed by atoms with E-state index < -0.39 is 0 Å². The van der Waals surface area contributed by atoms with Crippen LogP contribution in [0.1, 0.15) is 37.6 Å². The van der Waals surface area contributed by atoms with Gasteiger partial charge in [0.25, 0.3) is 0 Å². The van der Waals surface area contributed by atoms with Gasteiger partial charge in [0.1, 0.15) is 12.2 Å². The normalized spacial score (nSPS) is 11.5. The summed E-state index contributed by atoms with van der Waals surface area (Å²) in [5, 5.41) is 0. The van der Waals surface area contributed by atoms with Crippen LogP contribution in [0, 0.1) is 0 Å². The molecule has 0 aliphatic carbocycles. The van der Waals surface area contributed by atoms with Crippen molar-refractivity contribution in [2.45, 2.75) is 39.3 Å². The second-order valence-corrected chi connectivity index (χ2v) is 7.01. The molecule has 24 heavy (non-hydrogen) atoms. The third kappa shape index (κ3) is 5.60. The van der Waals surface area contributed by atoms with Gasteiger partial charge in [0.05, 0.1) is 40.1 Å². The Hall–Kier alpha value is -0.860. The Kier molecular flexibility index (Phi) is 8.45. The topological polar surface area (TPSA) is 35.8 Å². The van der Waals surface area contributed by atoms with Crippen molar-refractivity contribution in [1.82, 2.24) is 9.38 Å². The van der Waals surface area contributed by atoms with Gasteiger partial charge < -0.3 is 37.9 Å². The molecular formula is C18H30IN3O2. The molecule has 0 atom stereocenters. The molecule has 0 saturated heterocycles. The van der Waals surface area contributed by atoms with Crippen LogP contribution < -0.4 is 28.7 Å². The van der Waals surface area contributed by atoms with Crippen LogP contribution in [0.5, 0.6) is 5.75 Å². The zero-order valence-corrected chi connectivity index (χ0v) is 17.7. The third-order valence-electron chi connectivity index (χ3n) is 3.71. The van der Waals surface area contributed by atoms with Gasteiger partial charge in [-0.2, -0.15) is 0 Å². The molecule has 0 bridgehead atoms. The molecule has 0 radical (unpaired) electrons. The minimum atomic E-state index is 0. The monoisotopic (exact) mass is 447 g/mol. The summed E-state index contributed by atoms with van der Waals surface area (Å²) < 4.78 is 14.3. The molecule has 0 aliphatic heterocycles. The lowest BCUT2D eigenvalue weighted by Gasteiger charge is -2.24. The molecule has 5 nitrogen and oxygen atoms in total. The maximum absolute atomic E-state index is 5.97. The molecule has 136 valence electrons. The number of hydrogen-bond acceptors (Lipinski definition) is 3. The van der Waals surface area contributed by atoms with Crippen LogP contribution in [-0.4, -0.2) is 48.7 Å². The highest BCUT2D eigenvalue weighted by Crippen LogP contribution is 2.24. The van der Waals surface area contributed by atoms with Crippen LogP contribution in [0.15, 0.2) is 18.3 Å². The standard InChI is InChI=1S/C18H30N3O2.HI/c1-6-7-8-12-23-17-10-9-11-20-16(13-21(2,3)4)15(14-22-5)19-18(17)20;/h9-11H,6-8,12-14H2,1-5H3;1H/q+1;/p-1. The molecule has 0 unspecified atom stereocenters. The van der Waals surface area contributed by atoms with E-state index in [0.717, 1.165) is 41.1 Å². The quantitative estimate of drug-likeness (QED) is 0.315. The number of ether oxygens (including phenoxy) is 2. The second-order valence-electron chi connectivity index (χ2n) is 7.01. The van der Waals surface area contributed by atoms with Crippen molar-refractivity contribution in [3.8, 4) is 5.75 Å². The van der Waals surface area contributed by atoms with E-state index in [0.29, 0.717) is 6.61 Å². The Morgan fingerprint density at radius 3 is 2.58 bits per heavy atom. The SMILES string of the molecule is CCCCCOc1cccn2c(C[N+](C)(C)C)c(COC)nc12.[I-]. The van der Waals surface area contributed by atoms with E-state index in [1.165, 1.54) is 18.5 Å². The van der Waals surface area contributed by atoms with Crippen LogP contribution in [0.2, 0.25) is 0 Å². The molecule has 0 spiro atoms. The smallest absolute Gasteiger partial charge is 0.180 e. The van der Waals surface area contributed by atoms with Crippen LogP contribution in [0.25, 0.3) is 5.65 Å². The van der Waals surface area contributed by atoms with E-state index in [-0.39, 0.29) is 24.0 Å². The van der Waals surface area contributed by atoms with Gasteiger partial charge in [-0.1, -0.05) is 19.8 Å². The van der Waals surface area contributed by atoms with Crippen molar-refractivity contribution in [2.75, 3.05) is 34.9 Å². The average molecular weight is 447 g/mol. The second kappa shape index (κ2) is 9.58. The minimum absolute atomic E-state index is 0. The first-order valence-electron chi connectivity index (χ1n) is 8.37. The zero-order valence-electron chi connectivity index (χ0n) is 15.5. The van der Waals surface area contributed by atoms with E-state index in [9.17, 15) is 0 Å². The summed E-state index contributed by atoms with van der Waals surface area (Å²) in [6.07, 6.45) is 5.53. The lowest BCUT2D eigenvalue weighted by molar-refractivity contribution is -0.884. The zero-order chi connectivity index (χ0) is 16.9. The van der Waals surface area contributed by atoms with Crippen LogP contribution in [0.4, 0.5) is 0 Å². The number of imidazole rings is 1. The van der Waals surface area contributed by atoms with Crippen molar-refractivity contribution >= 4 is 5.65 Å². The summed E-state index contributed by atoms with van der Waals surface area (Å²) in [6.45, 7) is 4.35. The van der Waals surface area contributed by atoms with Gasteiger partial charge in [0.2, 0.25) is 0 Å². The van der Waals surface area contributed by atoms with E-state index >= 15 is 0 Å². The van der Waals surface area contributed by atoms with Crippen LogP contribution >= 0.6 is 0 Å². The van der Waals surface area contributed by atoms with Gasteiger partial charge in [0.15, 0.2) is 11.4 Å². The van der Waals surface area contributed by atoms with Crippen LogP contribution in [-0.2, 0) is 17.9 Å². The lowest BCUT2D eigenvalue weighted by atomic mass is 10.3. The summed E-state index contributed by atoms with van der Waals surface area (Å²) in [6, 6.07) is 4.03. The molecule has 2 aromatic heterocycles. The highest BCUT2D eigenvalue weighted by atomic mass is 127. The number of pyridine rings is 1. The van der Waals surface area contributed by atoms with Gasteiger partial charge in [-0.25, -0.2) is 4.98 Å². The highest BCUT2D eigenvalue weighted by molar-refractivity contribution is 5.56.